The third-order valence-electron chi connectivity index (χ3n) is 7.72. The van der Waals surface area contributed by atoms with E-state index in [2.05, 4.69) is 9.97 Å². The number of rotatable bonds is 1. The molecule has 9 rings (SSSR count). The number of nitrogens with zero attached hydrogens (tertiary/aromatic N) is 6. The first-order valence-corrected chi connectivity index (χ1v) is 14.1. The molecule has 11 heteroatoms. The van der Waals surface area contributed by atoms with Crippen LogP contribution in [0.5, 0.6) is 5.75 Å². The molecular formula is C33H17CuN8O2. The van der Waals surface area contributed by atoms with E-state index in [9.17, 15) is 4.79 Å². The van der Waals surface area contributed by atoms with Crippen molar-refractivity contribution >= 4 is 49.0 Å². The van der Waals surface area contributed by atoms with Gasteiger partial charge in [0.15, 0.2) is 0 Å². The van der Waals surface area contributed by atoms with E-state index in [0.717, 1.165) is 33.0 Å². The van der Waals surface area contributed by atoms with Crippen LogP contribution in [0.25, 0.3) is 89.7 Å². The Bertz CT molecular complexity index is 2530. The van der Waals surface area contributed by atoms with Crippen molar-refractivity contribution in [2.24, 2.45) is 0 Å². The van der Waals surface area contributed by atoms with Gasteiger partial charge in [-0.1, -0.05) is 24.3 Å². The van der Waals surface area contributed by atoms with Gasteiger partial charge in [0.25, 0.3) is 0 Å². The summed E-state index contributed by atoms with van der Waals surface area (Å²) in [4.78, 5) is 47.4. The van der Waals surface area contributed by atoms with Crippen molar-refractivity contribution in [3.63, 3.8) is 0 Å². The fraction of sp³-hybridized carbons (Fsp3) is 0. The second-order valence-electron chi connectivity index (χ2n) is 10.2. The average molecular weight is 621 g/mol. The third kappa shape index (κ3) is 3.77. The van der Waals surface area contributed by atoms with Crippen LogP contribution < -0.4 is 4.74 Å². The van der Waals surface area contributed by atoms with Gasteiger partial charge in [-0.2, -0.15) is 0 Å². The molecule has 44 heavy (non-hydrogen) atoms. The zero-order valence-electron chi connectivity index (χ0n) is 22.5. The van der Waals surface area contributed by atoms with E-state index in [0.29, 0.717) is 56.7 Å². The van der Waals surface area contributed by atoms with Crippen molar-refractivity contribution in [1.82, 2.24) is 39.9 Å². The Kier molecular flexibility index (Phi) is 5.28. The van der Waals surface area contributed by atoms with E-state index in [-0.39, 0.29) is 5.75 Å². The Morgan fingerprint density at radius 1 is 0.500 bits per heavy atom. The minimum atomic E-state index is -0.876. The molecule has 0 saturated heterocycles. The van der Waals surface area contributed by atoms with Crippen molar-refractivity contribution in [1.29, 1.82) is 0 Å². The molecule has 2 aliphatic rings. The first kappa shape index (κ1) is 24.8. The zero-order chi connectivity index (χ0) is 29.4. The van der Waals surface area contributed by atoms with Crippen LogP contribution in [0.15, 0.2) is 91.0 Å². The molecule has 0 saturated carbocycles. The van der Waals surface area contributed by atoms with Crippen molar-refractivity contribution < 1.29 is 25.5 Å². The number of benzene rings is 4. The summed E-state index contributed by atoms with van der Waals surface area (Å²) in [5.74, 6) is 2.20. The quantitative estimate of drug-likeness (QED) is 0.189. The Morgan fingerprint density at radius 3 is 1.41 bits per heavy atom. The number of hydrogen-bond donors (Lipinski definition) is 2. The van der Waals surface area contributed by atoms with Gasteiger partial charge < -0.3 is 0 Å². The average Bonchev–Trinajstić information content (AvgIpc) is 3.77. The molecular weight excluding hydrogens is 604 g/mol. The second-order valence-corrected chi connectivity index (χ2v) is 10.6. The minimum absolute atomic E-state index is 0.257. The third-order valence-corrected chi connectivity index (χ3v) is 7.82. The monoisotopic (exact) mass is 620 g/mol. The van der Waals surface area contributed by atoms with Gasteiger partial charge >= 0.3 is 227 Å². The standard InChI is InChI=1S/C33H17N8O2.Cu/c42-16-43-24-15-7-14-23-25(24)33-40-31-22-13-6-5-12-21(22)29(38-31)36-27-18-9-2-1-8-17(18)26(34-27)35-28-19-10-3-4-11-20(19)30(37-28)39-32(23)41-33;/h1-15H,(H2,34,35,36,37,38,39,40,41);. The number of ether oxygens (including phenoxy) is 1. The van der Waals surface area contributed by atoms with E-state index < -0.39 is 4.87 Å². The van der Waals surface area contributed by atoms with E-state index in [4.69, 9.17) is 50.7 Å². The molecule has 0 unspecified atom stereocenters. The number of nitrogens with one attached hydrogen (secondary N) is 2. The molecule has 8 bridgehead atoms. The van der Waals surface area contributed by atoms with Gasteiger partial charge in [0.2, 0.25) is 0 Å². The van der Waals surface area contributed by atoms with Gasteiger partial charge in [-0.25, -0.2) is 0 Å². The predicted octanol–water partition coefficient (Wildman–Crippen LogP) is 6.91. The molecule has 0 amide bonds. The summed E-state index contributed by atoms with van der Waals surface area (Å²) in [6.07, 6.45) is 0. The van der Waals surface area contributed by atoms with Crippen LogP contribution >= 0.6 is 0 Å². The fourth-order valence-electron chi connectivity index (χ4n) is 5.82. The summed E-state index contributed by atoms with van der Waals surface area (Å²) >= 11 is 4.92. The Labute approximate surface area is 256 Å². The van der Waals surface area contributed by atoms with E-state index in [1.807, 2.05) is 78.9 Å². The molecule has 0 radical (unpaired) electrons. The van der Waals surface area contributed by atoms with Gasteiger partial charge in [-0.05, 0) is 0 Å². The van der Waals surface area contributed by atoms with Gasteiger partial charge in [-0.15, -0.1) is 0 Å². The van der Waals surface area contributed by atoms with Crippen LogP contribution in [0.4, 0.5) is 4.79 Å². The van der Waals surface area contributed by atoms with E-state index in [1.165, 1.54) is 0 Å². The summed E-state index contributed by atoms with van der Waals surface area (Å²) < 4.78 is 5.43. The molecule has 0 spiro atoms. The molecule has 10 nitrogen and oxygen atoms in total. The first-order valence-electron chi connectivity index (χ1n) is 13.7. The Morgan fingerprint density at radius 2 is 0.909 bits per heavy atom. The van der Waals surface area contributed by atoms with Crippen LogP contribution in [0, 0.1) is 0 Å². The number of fused-ring (bicyclic) bond motifs is 20. The maximum atomic E-state index is 11.9. The second kappa shape index (κ2) is 9.37. The zero-order valence-corrected chi connectivity index (χ0v) is 23.4. The topological polar surface area (TPSA) is 135 Å². The predicted molar refractivity (Wildman–Crippen MR) is 162 cm³/mol. The normalized spacial score (nSPS) is 11.9. The number of carbonyl (C=O) groups excluding carboxylic acids is 1. The maximum absolute atomic E-state index is 11.9. The fourth-order valence-corrected chi connectivity index (χ4v) is 5.92. The molecule has 212 valence electrons. The van der Waals surface area contributed by atoms with Gasteiger partial charge in [-0.3, -0.25) is 0 Å². The van der Waals surface area contributed by atoms with Crippen LogP contribution in [0.2, 0.25) is 0 Å². The van der Waals surface area contributed by atoms with Crippen molar-refractivity contribution in [2.45, 2.75) is 0 Å². The molecule has 7 aromatic rings. The summed E-state index contributed by atoms with van der Waals surface area (Å²) in [7, 11) is 0. The van der Waals surface area contributed by atoms with Crippen LogP contribution in [0.1, 0.15) is 0 Å². The summed E-state index contributed by atoms with van der Waals surface area (Å²) in [5, 5.41) is 3.02. The van der Waals surface area contributed by atoms with Gasteiger partial charge in [0, 0.05) is 5.39 Å². The summed E-state index contributed by atoms with van der Waals surface area (Å²) in [5.41, 5.74) is 5.45. The molecule has 0 aliphatic carbocycles. The van der Waals surface area contributed by atoms with Crippen molar-refractivity contribution in [3.8, 4) is 51.3 Å². The van der Waals surface area contributed by atoms with Gasteiger partial charge in [0.1, 0.15) is 0 Å². The molecule has 0 fully saturated rings. The Balaban J connectivity index is 1.50. The van der Waals surface area contributed by atoms with Crippen LogP contribution in [-0.4, -0.2) is 44.7 Å². The molecule has 4 aromatic carbocycles. The Hall–Kier alpha value is -5.77. The molecule has 2 N–H and O–H groups in total. The van der Waals surface area contributed by atoms with Gasteiger partial charge in [0.05, 0.1) is 0 Å². The molecule has 3 aromatic heterocycles. The molecule has 2 aliphatic heterocycles. The number of H-pyrrole nitrogens is 2. The number of aromatic amines is 2. The SMILES string of the molecule is O=[C]([Cu])Oc1cccc2c3nc4nc(nc5[nH]c(nc6nc(nc([nH]3)c12)-c1ccccc1-6)c1ccccc51)-c1ccccc1-4. The number of aromatic nitrogens is 8. The summed E-state index contributed by atoms with van der Waals surface area (Å²) in [6, 6.07) is 28.8. The number of carbonyl (C=O) groups is 1. The van der Waals surface area contributed by atoms with Crippen molar-refractivity contribution in [2.75, 3.05) is 0 Å². The number of hydrogen-bond acceptors (Lipinski definition) is 8. The molecule has 0 atom stereocenters. The molecule has 5 heterocycles. The van der Waals surface area contributed by atoms with Crippen LogP contribution in [0.3, 0.4) is 0 Å². The van der Waals surface area contributed by atoms with E-state index in [1.54, 1.807) is 12.1 Å². The van der Waals surface area contributed by atoms with E-state index >= 15 is 0 Å². The van der Waals surface area contributed by atoms with Crippen molar-refractivity contribution in [3.05, 3.63) is 91.0 Å². The summed E-state index contributed by atoms with van der Waals surface area (Å²) in [6.45, 7) is 0. The van der Waals surface area contributed by atoms with Crippen LogP contribution in [-0.2, 0) is 16.0 Å². The first-order chi connectivity index (χ1) is 21.6.